The van der Waals surface area contributed by atoms with Crippen LogP contribution in [-0.2, 0) is 35.6 Å². The second kappa shape index (κ2) is 11.0. The van der Waals surface area contributed by atoms with E-state index in [-0.39, 0.29) is 12.0 Å². The van der Waals surface area contributed by atoms with Gasteiger partial charge in [0.05, 0.1) is 17.8 Å². The molecule has 0 saturated carbocycles. The summed E-state index contributed by atoms with van der Waals surface area (Å²) in [6.07, 6.45) is 5.22. The minimum Gasteiger partial charge on any atom is -0.465 e. The van der Waals surface area contributed by atoms with E-state index in [4.69, 9.17) is 16.3 Å². The lowest BCUT2D eigenvalue weighted by Gasteiger charge is -2.33. The second-order valence-corrected chi connectivity index (χ2v) is 10.2. The Balaban J connectivity index is 1.10. The summed E-state index contributed by atoms with van der Waals surface area (Å²) in [6.45, 7) is 4.84. The maximum absolute atomic E-state index is 12.9. The van der Waals surface area contributed by atoms with Gasteiger partial charge < -0.3 is 15.0 Å². The van der Waals surface area contributed by atoms with E-state index in [1.54, 1.807) is 6.20 Å². The molecule has 2 N–H and O–H groups in total. The van der Waals surface area contributed by atoms with Crippen molar-refractivity contribution in [3.8, 4) is 0 Å². The highest BCUT2D eigenvalue weighted by molar-refractivity contribution is 6.31. The molecule has 9 nitrogen and oxygen atoms in total. The summed E-state index contributed by atoms with van der Waals surface area (Å²) in [4.78, 5) is 23.0. The van der Waals surface area contributed by atoms with Gasteiger partial charge in [-0.25, -0.2) is 0 Å². The number of fused-ring (bicyclic) bond motifs is 4. The highest BCUT2D eigenvalue weighted by Crippen LogP contribution is 2.31. The molecule has 5 aromatic rings. The van der Waals surface area contributed by atoms with Crippen LogP contribution in [0.1, 0.15) is 30.3 Å². The molecule has 39 heavy (non-hydrogen) atoms. The van der Waals surface area contributed by atoms with Crippen molar-refractivity contribution in [2.75, 3.05) is 18.5 Å². The lowest BCUT2D eigenvalue weighted by Crippen LogP contribution is -2.45. The van der Waals surface area contributed by atoms with Gasteiger partial charge in [0, 0.05) is 77.7 Å². The number of pyridine rings is 1. The van der Waals surface area contributed by atoms with Crippen LogP contribution >= 0.6 is 11.6 Å². The van der Waals surface area contributed by atoms with Gasteiger partial charge in [-0.1, -0.05) is 35.0 Å². The van der Waals surface area contributed by atoms with Gasteiger partial charge in [0.1, 0.15) is 6.04 Å². The third kappa shape index (κ3) is 5.32. The number of halogens is 1. The largest absolute Gasteiger partial charge is 0.465 e. The zero-order valence-electron chi connectivity index (χ0n) is 21.7. The molecule has 3 aromatic heterocycles. The SMILES string of the molecule is CCOC(=O)C1Cc2c([nH]c3ccccc23)CN1Cc1cn(CCCNc2ccnc3cc(Cl)ccc23)nn1. The lowest BCUT2D eigenvalue weighted by molar-refractivity contribution is -0.150. The summed E-state index contributed by atoms with van der Waals surface area (Å²) in [5, 5.41) is 15.1. The fourth-order valence-corrected chi connectivity index (χ4v) is 5.53. The van der Waals surface area contributed by atoms with Gasteiger partial charge in [0.15, 0.2) is 0 Å². The third-order valence-corrected chi connectivity index (χ3v) is 7.43. The van der Waals surface area contributed by atoms with E-state index < -0.39 is 0 Å². The Morgan fingerprint density at radius 2 is 2.10 bits per heavy atom. The quantitative estimate of drug-likeness (QED) is 0.200. The molecule has 1 aliphatic heterocycles. The number of aromatic nitrogens is 5. The van der Waals surface area contributed by atoms with E-state index in [1.165, 1.54) is 10.9 Å². The van der Waals surface area contributed by atoms with Crippen LogP contribution in [0.2, 0.25) is 5.02 Å². The fraction of sp³-hybridized carbons (Fsp3) is 0.310. The number of carbonyl (C=O) groups excluding carboxylic acids is 1. The molecule has 2 aromatic carbocycles. The molecule has 0 saturated heterocycles. The molecule has 1 aliphatic rings. The Bertz CT molecular complexity index is 1630. The molecule has 0 spiro atoms. The van der Waals surface area contributed by atoms with Gasteiger partial charge >= 0.3 is 5.97 Å². The predicted molar refractivity (Wildman–Crippen MR) is 152 cm³/mol. The first-order valence-corrected chi connectivity index (χ1v) is 13.6. The normalized spacial score (nSPS) is 15.5. The number of carbonyl (C=O) groups is 1. The van der Waals surface area contributed by atoms with Gasteiger partial charge in [0.25, 0.3) is 0 Å². The van der Waals surface area contributed by atoms with Gasteiger partial charge in [-0.3, -0.25) is 19.4 Å². The van der Waals surface area contributed by atoms with Crippen LogP contribution in [-0.4, -0.2) is 55.0 Å². The Hall–Kier alpha value is -3.95. The van der Waals surface area contributed by atoms with Gasteiger partial charge in [-0.05, 0) is 49.2 Å². The minimum atomic E-state index is -0.365. The van der Waals surface area contributed by atoms with Crippen molar-refractivity contribution >= 4 is 45.1 Å². The first kappa shape index (κ1) is 25.3. The second-order valence-electron chi connectivity index (χ2n) is 9.78. The number of esters is 1. The monoisotopic (exact) mass is 543 g/mol. The molecular weight excluding hydrogens is 514 g/mol. The van der Waals surface area contributed by atoms with Crippen LogP contribution in [0.5, 0.6) is 0 Å². The zero-order valence-corrected chi connectivity index (χ0v) is 22.5. The smallest absolute Gasteiger partial charge is 0.323 e. The molecule has 0 fully saturated rings. The Labute approximate surface area is 231 Å². The van der Waals surface area contributed by atoms with Crippen LogP contribution < -0.4 is 5.32 Å². The number of nitrogens with zero attached hydrogens (tertiary/aromatic N) is 5. The predicted octanol–water partition coefficient (Wildman–Crippen LogP) is 4.95. The van der Waals surface area contributed by atoms with E-state index >= 15 is 0 Å². The first-order valence-electron chi connectivity index (χ1n) is 13.3. The number of hydrogen-bond donors (Lipinski definition) is 2. The number of benzene rings is 2. The van der Waals surface area contributed by atoms with Crippen molar-refractivity contribution in [1.29, 1.82) is 0 Å². The summed E-state index contributed by atoms with van der Waals surface area (Å²) in [6, 6.07) is 15.6. The molecule has 1 unspecified atom stereocenters. The van der Waals surface area contributed by atoms with Crippen molar-refractivity contribution in [3.63, 3.8) is 0 Å². The Kier molecular flexibility index (Phi) is 7.17. The van der Waals surface area contributed by atoms with Crippen molar-refractivity contribution in [3.05, 3.63) is 82.9 Å². The molecule has 1 atom stereocenters. The Morgan fingerprint density at radius 1 is 1.21 bits per heavy atom. The number of nitrogens with one attached hydrogen (secondary N) is 2. The number of rotatable bonds is 9. The van der Waals surface area contributed by atoms with Gasteiger partial charge in [-0.2, -0.15) is 0 Å². The van der Waals surface area contributed by atoms with E-state index in [9.17, 15) is 4.79 Å². The van der Waals surface area contributed by atoms with Crippen molar-refractivity contribution < 1.29 is 9.53 Å². The molecule has 6 rings (SSSR count). The number of aromatic amines is 1. The molecular formula is C29H30ClN7O2. The van der Waals surface area contributed by atoms with Gasteiger partial charge in [0.2, 0.25) is 0 Å². The van der Waals surface area contributed by atoms with E-state index in [1.807, 2.05) is 54.2 Å². The highest BCUT2D eigenvalue weighted by Gasteiger charge is 2.35. The van der Waals surface area contributed by atoms with Gasteiger partial charge in [-0.15, -0.1) is 5.10 Å². The fourth-order valence-electron chi connectivity index (χ4n) is 5.36. The average molecular weight is 544 g/mol. The molecule has 0 aliphatic carbocycles. The summed E-state index contributed by atoms with van der Waals surface area (Å²) in [5.41, 5.74) is 6.15. The number of anilines is 1. The van der Waals surface area contributed by atoms with Crippen LogP contribution in [0.25, 0.3) is 21.8 Å². The summed E-state index contributed by atoms with van der Waals surface area (Å²) >= 11 is 6.10. The molecule has 0 radical (unpaired) electrons. The highest BCUT2D eigenvalue weighted by atomic mass is 35.5. The summed E-state index contributed by atoms with van der Waals surface area (Å²) < 4.78 is 7.30. The number of H-pyrrole nitrogens is 1. The lowest BCUT2D eigenvalue weighted by atomic mass is 9.96. The van der Waals surface area contributed by atoms with E-state index in [2.05, 4.69) is 42.6 Å². The van der Waals surface area contributed by atoms with Crippen molar-refractivity contribution in [2.24, 2.45) is 0 Å². The number of hydrogen-bond acceptors (Lipinski definition) is 7. The van der Waals surface area contributed by atoms with Crippen molar-refractivity contribution in [1.82, 2.24) is 29.9 Å². The number of ether oxygens (including phenoxy) is 1. The third-order valence-electron chi connectivity index (χ3n) is 7.20. The zero-order chi connectivity index (χ0) is 26.8. The van der Waals surface area contributed by atoms with E-state index in [0.717, 1.165) is 53.0 Å². The maximum atomic E-state index is 12.9. The molecule has 0 bridgehead atoms. The summed E-state index contributed by atoms with van der Waals surface area (Å²) in [5.74, 6) is -0.196. The molecule has 0 amide bonds. The molecule has 200 valence electrons. The van der Waals surface area contributed by atoms with Crippen LogP contribution in [0, 0.1) is 0 Å². The van der Waals surface area contributed by atoms with Crippen LogP contribution in [0.3, 0.4) is 0 Å². The van der Waals surface area contributed by atoms with E-state index in [0.29, 0.717) is 31.1 Å². The maximum Gasteiger partial charge on any atom is 0.323 e. The number of aryl methyl sites for hydroxylation is 1. The average Bonchev–Trinajstić information content (AvgIpc) is 3.54. The molecule has 10 heteroatoms. The summed E-state index contributed by atoms with van der Waals surface area (Å²) in [7, 11) is 0. The number of para-hydroxylation sites is 1. The van der Waals surface area contributed by atoms with Crippen LogP contribution in [0.15, 0.2) is 60.9 Å². The van der Waals surface area contributed by atoms with Crippen LogP contribution in [0.4, 0.5) is 5.69 Å². The topological polar surface area (TPSA) is 101 Å². The first-order chi connectivity index (χ1) is 19.1. The standard InChI is InChI=1S/C29H30ClN7O2/c1-2-39-29(38)28-15-23-21-6-3-4-7-25(21)33-27(23)18-36(28)16-20-17-37(35-34-20)13-5-11-31-24-10-12-32-26-14-19(30)8-9-22(24)26/h3-4,6-10,12,14,17,28,33H,2,5,11,13,15-16,18H2,1H3,(H,31,32). The van der Waals surface area contributed by atoms with Crippen molar-refractivity contribution in [2.45, 2.75) is 45.4 Å². The minimum absolute atomic E-state index is 0.196. The Morgan fingerprint density at radius 3 is 3.00 bits per heavy atom. The molecule has 4 heterocycles.